The van der Waals surface area contributed by atoms with Crippen molar-refractivity contribution in [2.75, 3.05) is 5.32 Å². The van der Waals surface area contributed by atoms with Crippen LogP contribution >= 0.6 is 0 Å². The lowest BCUT2D eigenvalue weighted by Crippen LogP contribution is -2.30. The summed E-state index contributed by atoms with van der Waals surface area (Å²) >= 11 is 0. The Hall–Kier alpha value is -4.11. The number of carbonyl (C=O) groups is 2. The molecule has 0 heterocycles. The molecule has 3 rings (SSSR count). The number of rotatable bonds is 7. The molecule has 0 fully saturated rings. The summed E-state index contributed by atoms with van der Waals surface area (Å²) in [5, 5.41) is 11.6. The summed E-state index contributed by atoms with van der Waals surface area (Å²) in [5.74, 6) is -0.595. The van der Waals surface area contributed by atoms with Crippen LogP contribution in [0.5, 0.6) is 5.75 Å². The molecule has 0 aliphatic heterocycles. The molecule has 1 amide bonds. The van der Waals surface area contributed by atoms with Gasteiger partial charge in [-0.3, -0.25) is 4.79 Å². The van der Waals surface area contributed by atoms with Crippen molar-refractivity contribution in [1.29, 1.82) is 5.26 Å². The Morgan fingerprint density at radius 2 is 1.77 bits per heavy atom. The number of nitrogens with zero attached hydrogens (tertiary/aromatic N) is 1. The molecule has 0 bridgehead atoms. The van der Waals surface area contributed by atoms with Crippen LogP contribution in [0.15, 0.2) is 78.9 Å². The second-order valence-corrected chi connectivity index (χ2v) is 6.53. The number of anilines is 1. The van der Waals surface area contributed by atoms with Gasteiger partial charge in [0.25, 0.3) is 5.91 Å². The molecule has 3 aromatic carbocycles. The van der Waals surface area contributed by atoms with Crippen molar-refractivity contribution in [3.8, 4) is 11.8 Å². The fraction of sp³-hybridized carbons (Fsp3) is 0.125. The summed E-state index contributed by atoms with van der Waals surface area (Å²) in [6.07, 6.45) is -1.02. The standard InChI is InChI=1S/C24H20N2O4/c1-17(23(27)26-21-11-5-9-19(13-21)15-25)30-24(28)20-10-6-12-22(14-20)29-16-18-7-3-2-4-8-18/h2-14,17H,16H2,1H3,(H,26,27)/t17-/m1/s1. The zero-order chi connectivity index (χ0) is 21.3. The highest BCUT2D eigenvalue weighted by Crippen LogP contribution is 2.17. The summed E-state index contributed by atoms with van der Waals surface area (Å²) in [4.78, 5) is 24.7. The van der Waals surface area contributed by atoms with Crippen LogP contribution in [0.3, 0.4) is 0 Å². The topological polar surface area (TPSA) is 88.4 Å². The lowest BCUT2D eigenvalue weighted by atomic mass is 10.2. The van der Waals surface area contributed by atoms with E-state index in [-0.39, 0.29) is 5.56 Å². The van der Waals surface area contributed by atoms with Gasteiger partial charge >= 0.3 is 5.97 Å². The van der Waals surface area contributed by atoms with Gasteiger partial charge in [-0.15, -0.1) is 0 Å². The number of carbonyl (C=O) groups excluding carboxylic acids is 2. The molecule has 0 unspecified atom stereocenters. The maximum Gasteiger partial charge on any atom is 0.339 e. The fourth-order valence-corrected chi connectivity index (χ4v) is 2.65. The molecule has 0 aliphatic carbocycles. The predicted octanol–water partition coefficient (Wildman–Crippen LogP) is 4.32. The first-order chi connectivity index (χ1) is 14.5. The summed E-state index contributed by atoms with van der Waals surface area (Å²) in [6.45, 7) is 1.86. The van der Waals surface area contributed by atoms with Crippen LogP contribution in [0.2, 0.25) is 0 Å². The van der Waals surface area contributed by atoms with Crippen LogP contribution < -0.4 is 10.1 Å². The fourth-order valence-electron chi connectivity index (χ4n) is 2.65. The second-order valence-electron chi connectivity index (χ2n) is 6.53. The van der Waals surface area contributed by atoms with E-state index in [0.717, 1.165) is 5.56 Å². The Balaban J connectivity index is 1.58. The van der Waals surface area contributed by atoms with Crippen molar-refractivity contribution >= 4 is 17.6 Å². The largest absolute Gasteiger partial charge is 0.489 e. The Bertz CT molecular complexity index is 1070. The molecule has 150 valence electrons. The van der Waals surface area contributed by atoms with E-state index in [2.05, 4.69) is 5.32 Å². The molecule has 6 heteroatoms. The van der Waals surface area contributed by atoms with Gasteiger partial charge in [-0.05, 0) is 48.9 Å². The molecule has 0 saturated carbocycles. The summed E-state index contributed by atoms with van der Waals surface area (Å²) in [6, 6.07) is 24.8. The normalized spacial score (nSPS) is 11.1. The Morgan fingerprint density at radius 3 is 2.53 bits per heavy atom. The summed E-state index contributed by atoms with van der Waals surface area (Å²) < 4.78 is 11.0. The van der Waals surface area contributed by atoms with E-state index < -0.39 is 18.0 Å². The lowest BCUT2D eigenvalue weighted by Gasteiger charge is -2.14. The SMILES string of the molecule is C[C@@H](OC(=O)c1cccc(OCc2ccccc2)c1)C(=O)Nc1cccc(C#N)c1. The maximum atomic E-state index is 12.4. The van der Waals surface area contributed by atoms with Crippen molar-refractivity contribution < 1.29 is 19.1 Å². The maximum absolute atomic E-state index is 12.4. The summed E-state index contributed by atoms with van der Waals surface area (Å²) in [5.41, 5.74) is 2.17. The van der Waals surface area contributed by atoms with Crippen LogP contribution in [0.4, 0.5) is 5.69 Å². The molecule has 0 aromatic heterocycles. The summed E-state index contributed by atoms with van der Waals surface area (Å²) in [7, 11) is 0. The Morgan fingerprint density at radius 1 is 1.00 bits per heavy atom. The molecule has 0 radical (unpaired) electrons. The van der Waals surface area contributed by atoms with Gasteiger partial charge in [0.05, 0.1) is 17.2 Å². The highest BCUT2D eigenvalue weighted by Gasteiger charge is 2.19. The first kappa shape index (κ1) is 20.6. The zero-order valence-electron chi connectivity index (χ0n) is 16.4. The van der Waals surface area contributed by atoms with E-state index in [9.17, 15) is 9.59 Å². The number of hydrogen-bond acceptors (Lipinski definition) is 5. The second kappa shape index (κ2) is 9.89. The average molecular weight is 400 g/mol. The van der Waals surface area contributed by atoms with Gasteiger partial charge in [-0.25, -0.2) is 4.79 Å². The first-order valence-corrected chi connectivity index (χ1v) is 9.34. The van der Waals surface area contributed by atoms with Crippen LogP contribution in [-0.2, 0) is 16.1 Å². The van der Waals surface area contributed by atoms with Gasteiger partial charge in [-0.1, -0.05) is 42.5 Å². The predicted molar refractivity (Wildman–Crippen MR) is 112 cm³/mol. The van der Waals surface area contributed by atoms with E-state index in [4.69, 9.17) is 14.7 Å². The minimum atomic E-state index is -1.02. The quantitative estimate of drug-likeness (QED) is 0.597. The highest BCUT2D eigenvalue weighted by atomic mass is 16.5. The van der Waals surface area contributed by atoms with E-state index in [1.807, 2.05) is 36.4 Å². The van der Waals surface area contributed by atoms with Crippen LogP contribution in [0.25, 0.3) is 0 Å². The molecule has 3 aromatic rings. The molecule has 0 saturated heterocycles. The monoisotopic (exact) mass is 400 g/mol. The molecule has 6 nitrogen and oxygen atoms in total. The number of ether oxygens (including phenoxy) is 2. The van der Waals surface area contributed by atoms with Gasteiger partial charge in [-0.2, -0.15) is 5.26 Å². The Kier molecular flexibility index (Phi) is 6.80. The van der Waals surface area contributed by atoms with E-state index in [1.165, 1.54) is 6.92 Å². The van der Waals surface area contributed by atoms with Gasteiger partial charge in [0.15, 0.2) is 6.10 Å². The van der Waals surface area contributed by atoms with Crippen molar-refractivity contribution in [2.24, 2.45) is 0 Å². The van der Waals surface area contributed by atoms with Gasteiger partial charge in [0, 0.05) is 5.69 Å². The molecule has 1 atom stereocenters. The molecule has 30 heavy (non-hydrogen) atoms. The third kappa shape index (κ3) is 5.69. The third-order valence-electron chi connectivity index (χ3n) is 4.23. The van der Waals surface area contributed by atoms with Crippen molar-refractivity contribution in [3.63, 3.8) is 0 Å². The molecule has 0 aliphatic rings. The third-order valence-corrected chi connectivity index (χ3v) is 4.23. The minimum Gasteiger partial charge on any atom is -0.489 e. The smallest absolute Gasteiger partial charge is 0.339 e. The van der Waals surface area contributed by atoms with E-state index in [1.54, 1.807) is 48.5 Å². The molecular formula is C24H20N2O4. The number of esters is 1. The lowest BCUT2D eigenvalue weighted by molar-refractivity contribution is -0.123. The van der Waals surface area contributed by atoms with Crippen LogP contribution in [-0.4, -0.2) is 18.0 Å². The van der Waals surface area contributed by atoms with E-state index >= 15 is 0 Å². The van der Waals surface area contributed by atoms with Gasteiger partial charge in [0.2, 0.25) is 0 Å². The van der Waals surface area contributed by atoms with Gasteiger partial charge < -0.3 is 14.8 Å². The number of nitriles is 1. The van der Waals surface area contributed by atoms with Crippen molar-refractivity contribution in [2.45, 2.75) is 19.6 Å². The number of benzene rings is 3. The number of hydrogen-bond donors (Lipinski definition) is 1. The Labute approximate surface area is 174 Å². The minimum absolute atomic E-state index is 0.284. The zero-order valence-corrected chi connectivity index (χ0v) is 16.4. The van der Waals surface area contributed by atoms with Crippen molar-refractivity contribution in [1.82, 2.24) is 0 Å². The van der Waals surface area contributed by atoms with Crippen LogP contribution in [0.1, 0.15) is 28.4 Å². The number of amides is 1. The molecule has 1 N–H and O–H groups in total. The highest BCUT2D eigenvalue weighted by molar-refractivity contribution is 5.97. The van der Waals surface area contributed by atoms with Gasteiger partial charge in [0.1, 0.15) is 12.4 Å². The van der Waals surface area contributed by atoms with Crippen LogP contribution in [0, 0.1) is 11.3 Å². The first-order valence-electron chi connectivity index (χ1n) is 9.34. The van der Waals surface area contributed by atoms with E-state index in [0.29, 0.717) is 23.6 Å². The average Bonchev–Trinajstić information content (AvgIpc) is 2.78. The number of nitrogens with one attached hydrogen (secondary N) is 1. The molecular weight excluding hydrogens is 380 g/mol. The van der Waals surface area contributed by atoms with Crippen molar-refractivity contribution in [3.05, 3.63) is 95.6 Å². The molecule has 0 spiro atoms.